The number of carbonyl (C=O) groups excluding carboxylic acids is 1. The summed E-state index contributed by atoms with van der Waals surface area (Å²) >= 11 is 0. The van der Waals surface area contributed by atoms with Crippen LogP contribution in [0.4, 0.5) is 19.3 Å². The standard InChI is InChI=1S/C16H20F2N4O/c1-9(10-4-2-3-5-10)19-16(23)20-11-6-7-12-13(8-11)22-15(21-12)14(17)18/h6-10,14H,2-5H2,1H3,(H,21,22)(H2,19,20,23). The highest BCUT2D eigenvalue weighted by atomic mass is 19.3. The molecule has 2 amide bonds. The first kappa shape index (κ1) is 15.7. The van der Waals surface area contributed by atoms with Gasteiger partial charge in [0.15, 0.2) is 5.82 Å². The molecule has 1 unspecified atom stereocenters. The molecule has 3 N–H and O–H groups in total. The molecule has 1 aliphatic carbocycles. The number of alkyl halides is 2. The van der Waals surface area contributed by atoms with Crippen LogP contribution in [-0.2, 0) is 0 Å². The number of aromatic nitrogens is 2. The van der Waals surface area contributed by atoms with Crippen molar-refractivity contribution in [2.45, 2.75) is 45.1 Å². The van der Waals surface area contributed by atoms with Crippen molar-refractivity contribution in [3.05, 3.63) is 24.0 Å². The number of fused-ring (bicyclic) bond motifs is 1. The Hall–Kier alpha value is -2.18. The van der Waals surface area contributed by atoms with E-state index in [2.05, 4.69) is 20.6 Å². The maximum Gasteiger partial charge on any atom is 0.319 e. The number of aromatic amines is 1. The number of hydrogen-bond acceptors (Lipinski definition) is 2. The average molecular weight is 322 g/mol. The third-order valence-electron chi connectivity index (χ3n) is 4.43. The first-order valence-electron chi connectivity index (χ1n) is 7.88. The van der Waals surface area contributed by atoms with Crippen LogP contribution >= 0.6 is 0 Å². The number of imidazole rings is 1. The van der Waals surface area contributed by atoms with Crippen LogP contribution < -0.4 is 10.6 Å². The number of halogens is 2. The second-order valence-electron chi connectivity index (χ2n) is 6.09. The van der Waals surface area contributed by atoms with Gasteiger partial charge in [-0.25, -0.2) is 18.6 Å². The highest BCUT2D eigenvalue weighted by Gasteiger charge is 2.22. The summed E-state index contributed by atoms with van der Waals surface area (Å²) in [5, 5.41) is 5.69. The van der Waals surface area contributed by atoms with Crippen molar-refractivity contribution < 1.29 is 13.6 Å². The molecule has 1 heterocycles. The summed E-state index contributed by atoms with van der Waals surface area (Å²) in [5.41, 5.74) is 1.46. The monoisotopic (exact) mass is 322 g/mol. The predicted octanol–water partition coefficient (Wildman–Crippen LogP) is 4.20. The van der Waals surface area contributed by atoms with Gasteiger partial charge in [-0.3, -0.25) is 0 Å². The third-order valence-corrected chi connectivity index (χ3v) is 4.43. The quantitative estimate of drug-likeness (QED) is 0.789. The molecule has 1 aromatic heterocycles. The molecule has 23 heavy (non-hydrogen) atoms. The van der Waals surface area contributed by atoms with Crippen molar-refractivity contribution in [2.24, 2.45) is 5.92 Å². The molecule has 0 aliphatic heterocycles. The van der Waals surface area contributed by atoms with E-state index in [1.165, 1.54) is 12.8 Å². The molecular weight excluding hydrogens is 302 g/mol. The van der Waals surface area contributed by atoms with Crippen molar-refractivity contribution in [1.82, 2.24) is 15.3 Å². The predicted molar refractivity (Wildman–Crippen MR) is 84.6 cm³/mol. The van der Waals surface area contributed by atoms with Crippen molar-refractivity contribution in [2.75, 3.05) is 5.32 Å². The van der Waals surface area contributed by atoms with E-state index in [-0.39, 0.29) is 17.9 Å². The fourth-order valence-electron chi connectivity index (χ4n) is 3.16. The second-order valence-corrected chi connectivity index (χ2v) is 6.09. The van der Waals surface area contributed by atoms with Gasteiger partial charge in [0.1, 0.15) is 0 Å². The van der Waals surface area contributed by atoms with Crippen LogP contribution in [-0.4, -0.2) is 22.0 Å². The summed E-state index contributed by atoms with van der Waals surface area (Å²) in [6.45, 7) is 2.02. The molecule has 124 valence electrons. The Balaban J connectivity index is 1.64. The number of anilines is 1. The second kappa shape index (κ2) is 6.52. The van der Waals surface area contributed by atoms with Crippen LogP contribution in [0.1, 0.15) is 44.9 Å². The minimum atomic E-state index is -2.64. The first-order chi connectivity index (χ1) is 11.0. The number of carbonyl (C=O) groups is 1. The maximum absolute atomic E-state index is 12.6. The van der Waals surface area contributed by atoms with Gasteiger partial charge in [0.2, 0.25) is 0 Å². The molecule has 1 saturated carbocycles. The van der Waals surface area contributed by atoms with Crippen LogP contribution in [0, 0.1) is 5.92 Å². The van der Waals surface area contributed by atoms with E-state index in [1.54, 1.807) is 18.2 Å². The summed E-state index contributed by atoms with van der Waals surface area (Å²) in [4.78, 5) is 18.4. The summed E-state index contributed by atoms with van der Waals surface area (Å²) < 4.78 is 25.3. The van der Waals surface area contributed by atoms with Crippen LogP contribution in [0.15, 0.2) is 18.2 Å². The van der Waals surface area contributed by atoms with Crippen LogP contribution in [0.25, 0.3) is 11.0 Å². The number of benzene rings is 1. The van der Waals surface area contributed by atoms with Crippen molar-refractivity contribution in [1.29, 1.82) is 0 Å². The van der Waals surface area contributed by atoms with Gasteiger partial charge in [0, 0.05) is 11.7 Å². The molecule has 7 heteroatoms. The van der Waals surface area contributed by atoms with Gasteiger partial charge in [-0.2, -0.15) is 0 Å². The lowest BCUT2D eigenvalue weighted by Crippen LogP contribution is -2.39. The minimum absolute atomic E-state index is 0.124. The van der Waals surface area contributed by atoms with Gasteiger partial charge >= 0.3 is 6.03 Å². The lowest BCUT2D eigenvalue weighted by molar-refractivity contribution is 0.142. The highest BCUT2D eigenvalue weighted by molar-refractivity contribution is 5.92. The SMILES string of the molecule is CC(NC(=O)Nc1ccc2nc(C(F)F)[nH]c2c1)C1CCCC1. The highest BCUT2D eigenvalue weighted by Crippen LogP contribution is 2.27. The number of H-pyrrole nitrogens is 1. The van der Waals surface area contributed by atoms with E-state index < -0.39 is 6.43 Å². The number of nitrogens with one attached hydrogen (secondary N) is 3. The zero-order chi connectivity index (χ0) is 16.4. The normalized spacial score (nSPS) is 16.9. The Kier molecular flexibility index (Phi) is 4.45. The minimum Gasteiger partial charge on any atom is -0.337 e. The molecule has 1 aliphatic rings. The van der Waals surface area contributed by atoms with E-state index in [0.717, 1.165) is 12.8 Å². The zero-order valence-corrected chi connectivity index (χ0v) is 12.9. The smallest absolute Gasteiger partial charge is 0.319 e. The first-order valence-corrected chi connectivity index (χ1v) is 7.88. The van der Waals surface area contributed by atoms with Crippen LogP contribution in [0.2, 0.25) is 0 Å². The maximum atomic E-state index is 12.6. The van der Waals surface area contributed by atoms with Gasteiger partial charge in [-0.15, -0.1) is 0 Å². The molecule has 1 atom stereocenters. The Bertz CT molecular complexity index is 694. The van der Waals surface area contributed by atoms with Crippen molar-refractivity contribution in [3.63, 3.8) is 0 Å². The van der Waals surface area contributed by atoms with E-state index in [0.29, 0.717) is 22.6 Å². The fourth-order valence-corrected chi connectivity index (χ4v) is 3.16. The van der Waals surface area contributed by atoms with Gasteiger partial charge in [-0.1, -0.05) is 12.8 Å². The molecule has 1 aromatic carbocycles. The van der Waals surface area contributed by atoms with E-state index in [4.69, 9.17) is 0 Å². The largest absolute Gasteiger partial charge is 0.337 e. The van der Waals surface area contributed by atoms with Gasteiger partial charge in [0.25, 0.3) is 6.43 Å². The Morgan fingerprint density at radius 1 is 1.35 bits per heavy atom. The molecule has 1 fully saturated rings. The molecule has 0 saturated heterocycles. The van der Waals surface area contributed by atoms with E-state index in [1.807, 2.05) is 6.92 Å². The number of rotatable bonds is 4. The number of amides is 2. The molecule has 5 nitrogen and oxygen atoms in total. The topological polar surface area (TPSA) is 69.8 Å². The van der Waals surface area contributed by atoms with E-state index in [9.17, 15) is 13.6 Å². The summed E-state index contributed by atoms with van der Waals surface area (Å²) in [7, 11) is 0. The lowest BCUT2D eigenvalue weighted by Gasteiger charge is -2.20. The Morgan fingerprint density at radius 3 is 2.78 bits per heavy atom. The molecule has 0 radical (unpaired) electrons. The molecule has 2 aromatic rings. The molecule has 3 rings (SSSR count). The van der Waals surface area contributed by atoms with Gasteiger partial charge < -0.3 is 15.6 Å². The molecular formula is C16H20F2N4O. The lowest BCUT2D eigenvalue weighted by atomic mass is 10.0. The molecule has 0 spiro atoms. The number of hydrogen-bond donors (Lipinski definition) is 3. The Morgan fingerprint density at radius 2 is 2.09 bits per heavy atom. The molecule has 0 bridgehead atoms. The number of nitrogens with zero attached hydrogens (tertiary/aromatic N) is 1. The van der Waals surface area contributed by atoms with Gasteiger partial charge in [0.05, 0.1) is 11.0 Å². The summed E-state index contributed by atoms with van der Waals surface area (Å²) in [6.07, 6.45) is 2.10. The van der Waals surface area contributed by atoms with Crippen molar-refractivity contribution >= 4 is 22.8 Å². The average Bonchev–Trinajstić information content (AvgIpc) is 3.16. The Labute approximate surface area is 132 Å². The zero-order valence-electron chi connectivity index (χ0n) is 12.9. The van der Waals surface area contributed by atoms with Gasteiger partial charge in [-0.05, 0) is 43.9 Å². The fraction of sp³-hybridized carbons (Fsp3) is 0.500. The third kappa shape index (κ3) is 3.60. The van der Waals surface area contributed by atoms with Crippen molar-refractivity contribution in [3.8, 4) is 0 Å². The summed E-state index contributed by atoms with van der Waals surface area (Å²) in [6, 6.07) is 4.70. The summed E-state index contributed by atoms with van der Waals surface area (Å²) in [5.74, 6) is 0.167. The van der Waals surface area contributed by atoms with Crippen LogP contribution in [0.3, 0.4) is 0 Å². The van der Waals surface area contributed by atoms with Crippen LogP contribution in [0.5, 0.6) is 0 Å². The van der Waals surface area contributed by atoms with E-state index >= 15 is 0 Å². The number of urea groups is 1.